The van der Waals surface area contributed by atoms with Crippen LogP contribution in [0.2, 0.25) is 0 Å². The topological polar surface area (TPSA) is 0 Å². The summed E-state index contributed by atoms with van der Waals surface area (Å²) >= 11 is 0. The highest BCUT2D eigenvalue weighted by atomic mass is 15.4. The van der Waals surface area contributed by atoms with Crippen molar-refractivity contribution in [3.8, 4) is 0 Å². The summed E-state index contributed by atoms with van der Waals surface area (Å²) in [5, 5.41) is 0. The van der Waals surface area contributed by atoms with Gasteiger partial charge in [-0.2, -0.15) is 0 Å². The second-order valence-electron chi connectivity index (χ2n) is 19.1. The molecule has 0 aromatic carbocycles. The number of hydrogen-bond acceptors (Lipinski definition) is 0. The zero-order valence-electron chi connectivity index (χ0n) is 22.2. The number of fused-ring (bicyclic) bond motifs is 7. The molecule has 0 saturated heterocycles. The van der Waals surface area contributed by atoms with Crippen LogP contribution < -0.4 is 0 Å². The first-order valence-corrected chi connectivity index (χ1v) is 17.0. The molecule has 8 spiro atoms. The van der Waals surface area contributed by atoms with E-state index in [-0.39, 0.29) is 0 Å². The summed E-state index contributed by atoms with van der Waals surface area (Å²) in [4.78, 5) is 0. The van der Waals surface area contributed by atoms with Crippen molar-refractivity contribution in [2.45, 2.75) is 79.1 Å². The molecular weight excluding hydrogens is 420 g/mol. The van der Waals surface area contributed by atoms with E-state index in [2.05, 4.69) is 27.7 Å². The molecule has 15 saturated carbocycles. The van der Waals surface area contributed by atoms with Crippen molar-refractivity contribution in [1.82, 2.24) is 0 Å². The molecule has 0 aromatic heterocycles. The van der Waals surface area contributed by atoms with E-state index in [1.54, 1.807) is 38.5 Å². The average Bonchev–Trinajstić information content (AvgIpc) is 2.76. The highest BCUT2D eigenvalue weighted by Gasteiger charge is 3.42. The smallest absolute Gasteiger partial charge is 0.00535 e. The van der Waals surface area contributed by atoms with Gasteiger partial charge in [0.15, 0.2) is 0 Å². The second-order valence-corrected chi connectivity index (χ2v) is 19.1. The molecule has 0 N–H and O–H groups in total. The molecule has 0 bridgehead atoms. The van der Waals surface area contributed by atoms with Gasteiger partial charge in [0.2, 0.25) is 0 Å². The van der Waals surface area contributed by atoms with Gasteiger partial charge in [-0.1, -0.05) is 47.0 Å². The van der Waals surface area contributed by atoms with Crippen LogP contribution in [-0.2, 0) is 0 Å². The molecule has 0 heteroatoms. The van der Waals surface area contributed by atoms with Gasteiger partial charge in [-0.3, -0.25) is 0 Å². The van der Waals surface area contributed by atoms with E-state index < -0.39 is 0 Å². The van der Waals surface area contributed by atoms with Crippen molar-refractivity contribution in [2.75, 3.05) is 0 Å². The maximum absolute atomic E-state index is 3.00. The van der Waals surface area contributed by atoms with Crippen molar-refractivity contribution in [3.63, 3.8) is 0 Å². The summed E-state index contributed by atoms with van der Waals surface area (Å²) < 4.78 is 0. The van der Waals surface area contributed by atoms with Crippen molar-refractivity contribution in [1.29, 1.82) is 0 Å². The van der Waals surface area contributed by atoms with Crippen LogP contribution in [0.1, 0.15) is 79.1 Å². The highest BCUT2D eigenvalue weighted by Crippen LogP contribution is 3.44. The molecule has 182 valence electrons. The fourth-order valence-electron chi connectivity index (χ4n) is 25.5. The van der Waals surface area contributed by atoms with Crippen molar-refractivity contribution in [3.05, 3.63) is 0 Å². The average molecular weight is 463 g/mol. The first-order chi connectivity index (χ1) is 17.0. The molecule has 0 heterocycles. The van der Waals surface area contributed by atoms with Crippen LogP contribution in [0.3, 0.4) is 0 Å². The van der Waals surface area contributed by atoms with Crippen LogP contribution in [0, 0.1) is 132 Å². The fraction of sp³-hybridized carbons (Fsp3) is 1.00. The van der Waals surface area contributed by atoms with Gasteiger partial charge in [0.1, 0.15) is 0 Å². The Morgan fingerprint density at radius 3 is 2.11 bits per heavy atom. The zero-order valence-corrected chi connectivity index (χ0v) is 22.2. The van der Waals surface area contributed by atoms with Crippen molar-refractivity contribution < 1.29 is 0 Å². The lowest BCUT2D eigenvalue weighted by atomic mass is 8.60. The Bertz CT molecular complexity index is 1390. The highest BCUT2D eigenvalue weighted by molar-refractivity contribution is 5.87. The van der Waals surface area contributed by atoms with Gasteiger partial charge in [-0.05, 0) is 164 Å². The van der Waals surface area contributed by atoms with E-state index in [1.807, 2.05) is 0 Å². The SMILES string of the molecule is CCCC1CC2C3C(C)(C(C)CC1CC)C14C[C@H]5[C@H]6[C@H]7CC8C9C[C@H]%10[C@H]%11[C@H]%12[C@@H]2C31C%121C%112C9%10C87C62C541. The predicted octanol–water partition coefficient (Wildman–Crippen LogP) is 6.90. The Labute approximate surface area is 210 Å². The van der Waals surface area contributed by atoms with E-state index in [9.17, 15) is 0 Å². The van der Waals surface area contributed by atoms with Gasteiger partial charge in [0, 0.05) is 0 Å². The minimum absolute atomic E-state index is 0.757. The second kappa shape index (κ2) is 3.42. The Balaban J connectivity index is 1.01. The monoisotopic (exact) mass is 462 g/mol. The third-order valence-corrected chi connectivity index (χ3v) is 22.6. The van der Waals surface area contributed by atoms with E-state index in [4.69, 9.17) is 0 Å². The summed E-state index contributed by atoms with van der Waals surface area (Å²) in [5.41, 5.74) is 8.82. The molecule has 16 unspecified atom stereocenters. The molecule has 23 atom stereocenters. The minimum atomic E-state index is 0.757. The van der Waals surface area contributed by atoms with Crippen LogP contribution in [-0.4, -0.2) is 0 Å². The van der Waals surface area contributed by atoms with Crippen LogP contribution >= 0.6 is 0 Å². The first-order valence-electron chi connectivity index (χ1n) is 17.0. The van der Waals surface area contributed by atoms with E-state index >= 15 is 0 Å². The molecule has 15 aliphatic rings. The van der Waals surface area contributed by atoms with Gasteiger partial charge in [0.05, 0.1) is 0 Å². The number of hydrogen-bond donors (Lipinski definition) is 0. The summed E-state index contributed by atoms with van der Waals surface area (Å²) in [6.07, 6.45) is 13.0. The summed E-state index contributed by atoms with van der Waals surface area (Å²) in [6, 6.07) is 0. The molecule has 0 radical (unpaired) electrons. The van der Waals surface area contributed by atoms with Crippen molar-refractivity contribution >= 4 is 0 Å². The van der Waals surface area contributed by atoms with Crippen LogP contribution in [0.4, 0.5) is 0 Å². The molecule has 35 heavy (non-hydrogen) atoms. The Hall–Kier alpha value is 0. The predicted molar refractivity (Wildman–Crippen MR) is 130 cm³/mol. The maximum atomic E-state index is 3.00. The minimum Gasteiger partial charge on any atom is -0.0654 e. The standard InChI is InChI=1S/C35H42/c1-5-7-15-9-16-22-25-24-20-11-18-17-10-19-23-21-12-28-27(4,13(3)8-14(15)6-2)26(16)31(22,28)35(25)32(21,28)33(23)29(17,19)30(18,20)34(24,33)35/h13-26H,5-12H2,1-4H3/t13?,14?,15?,16?,17?,18?,19-,20+,21+,22-,23-,24+,25-,26?,27?,28?,29?,30?,31?,32?,33?,34?,35?/m1/s1. The van der Waals surface area contributed by atoms with Crippen LogP contribution in [0.15, 0.2) is 0 Å². The molecule has 15 rings (SSSR count). The quantitative estimate of drug-likeness (QED) is 0.428. The Morgan fingerprint density at radius 2 is 1.37 bits per heavy atom. The lowest BCUT2D eigenvalue weighted by Crippen LogP contribution is -3.41. The van der Waals surface area contributed by atoms with Crippen molar-refractivity contribution in [2.24, 2.45) is 132 Å². The lowest BCUT2D eigenvalue weighted by Gasteiger charge is -3.43. The largest absolute Gasteiger partial charge is 0.0654 e. The van der Waals surface area contributed by atoms with Gasteiger partial charge in [-0.25, -0.2) is 0 Å². The Morgan fingerprint density at radius 1 is 0.657 bits per heavy atom. The van der Waals surface area contributed by atoms with Crippen LogP contribution in [0.25, 0.3) is 0 Å². The van der Waals surface area contributed by atoms with Gasteiger partial charge < -0.3 is 0 Å². The fourth-order valence-corrected chi connectivity index (χ4v) is 25.5. The molecule has 15 fully saturated rings. The van der Waals surface area contributed by atoms with Gasteiger partial charge >= 0.3 is 0 Å². The molecule has 0 amide bonds. The summed E-state index contributed by atoms with van der Waals surface area (Å²) in [6.45, 7) is 10.9. The molecular formula is C35H42. The molecule has 0 nitrogen and oxygen atoms in total. The Kier molecular flexibility index (Phi) is 1.65. The van der Waals surface area contributed by atoms with Gasteiger partial charge in [-0.15, -0.1) is 0 Å². The van der Waals surface area contributed by atoms with E-state index in [1.165, 1.54) is 77.9 Å². The third-order valence-electron chi connectivity index (χ3n) is 22.6. The third kappa shape index (κ3) is 0.641. The summed E-state index contributed by atoms with van der Waals surface area (Å²) in [7, 11) is 0. The van der Waals surface area contributed by atoms with Crippen LogP contribution in [0.5, 0.6) is 0 Å². The molecule has 0 aliphatic heterocycles. The molecule has 15 aliphatic carbocycles. The lowest BCUT2D eigenvalue weighted by molar-refractivity contribution is -0.975. The first kappa shape index (κ1) is 16.9. The summed E-state index contributed by atoms with van der Waals surface area (Å²) in [5.74, 6) is 17.2. The zero-order chi connectivity index (χ0) is 22.2. The number of rotatable bonds is 3. The van der Waals surface area contributed by atoms with E-state index in [0.717, 1.165) is 66.5 Å². The maximum Gasteiger partial charge on any atom is -0.00535 e. The molecule has 0 aromatic rings. The normalized spacial score (nSPS) is 97.4. The van der Waals surface area contributed by atoms with Gasteiger partial charge in [0.25, 0.3) is 0 Å². The van der Waals surface area contributed by atoms with E-state index in [0.29, 0.717) is 0 Å².